The molecule has 0 aromatic heterocycles. The zero-order valence-electron chi connectivity index (χ0n) is 8.84. The smallest absolute Gasteiger partial charge is 0.0640 e. The summed E-state index contributed by atoms with van der Waals surface area (Å²) in [5.41, 5.74) is 4.19. The Morgan fingerprint density at radius 2 is 2.43 bits per heavy atom. The van der Waals surface area contributed by atoms with Crippen molar-refractivity contribution in [3.63, 3.8) is 0 Å². The molecule has 4 heteroatoms. The Bertz CT molecular complexity index is 253. The normalized spacial score (nSPS) is 23.1. The molecule has 0 radical (unpaired) electrons. The predicted octanol–water partition coefficient (Wildman–Crippen LogP) is 2.15. The fourth-order valence-electron chi connectivity index (χ4n) is 1.45. The summed E-state index contributed by atoms with van der Waals surface area (Å²) in [6.45, 7) is 5.16. The van der Waals surface area contributed by atoms with Gasteiger partial charge in [-0.2, -0.15) is 22.1 Å². The van der Waals surface area contributed by atoms with Gasteiger partial charge in [0.25, 0.3) is 0 Å². The van der Waals surface area contributed by atoms with Crippen LogP contribution in [-0.4, -0.2) is 22.8 Å². The van der Waals surface area contributed by atoms with E-state index in [1.807, 2.05) is 11.8 Å². The van der Waals surface area contributed by atoms with Crippen molar-refractivity contribution in [1.82, 2.24) is 5.43 Å². The molecule has 14 heavy (non-hydrogen) atoms. The third kappa shape index (κ3) is 4.01. The number of nitrogens with zero attached hydrogens (tertiary/aromatic N) is 2. The fourth-order valence-corrected chi connectivity index (χ4v) is 2.61. The summed E-state index contributed by atoms with van der Waals surface area (Å²) in [5.74, 6) is 1.16. The quantitative estimate of drug-likeness (QED) is 0.575. The molecule has 1 saturated heterocycles. The van der Waals surface area contributed by atoms with Gasteiger partial charge in [-0.3, -0.25) is 0 Å². The molecule has 1 aliphatic heterocycles. The van der Waals surface area contributed by atoms with Gasteiger partial charge in [-0.05, 0) is 12.2 Å². The van der Waals surface area contributed by atoms with Crippen molar-refractivity contribution in [3.8, 4) is 6.07 Å². The Morgan fingerprint density at radius 1 is 1.64 bits per heavy atom. The van der Waals surface area contributed by atoms with Crippen LogP contribution in [0.25, 0.3) is 0 Å². The SMILES string of the molecule is CC1(C)C/C(=N/NCCC#N)CCS1. The summed E-state index contributed by atoms with van der Waals surface area (Å²) in [4.78, 5) is 0. The van der Waals surface area contributed by atoms with Gasteiger partial charge < -0.3 is 5.43 Å². The molecule has 1 rings (SSSR count). The minimum atomic E-state index is 0.327. The van der Waals surface area contributed by atoms with Gasteiger partial charge in [-0.15, -0.1) is 0 Å². The number of hydrogen-bond acceptors (Lipinski definition) is 4. The molecule has 0 atom stereocenters. The molecule has 0 amide bonds. The second-order valence-electron chi connectivity index (χ2n) is 4.03. The Balaban J connectivity index is 2.33. The number of nitrogens with one attached hydrogen (secondary N) is 1. The van der Waals surface area contributed by atoms with Crippen molar-refractivity contribution in [1.29, 1.82) is 5.26 Å². The van der Waals surface area contributed by atoms with Crippen molar-refractivity contribution in [2.45, 2.75) is 37.9 Å². The fraction of sp³-hybridized carbons (Fsp3) is 0.800. The molecule has 0 aliphatic carbocycles. The summed E-state index contributed by atoms with van der Waals surface area (Å²) >= 11 is 2.01. The number of hydrazone groups is 1. The zero-order chi connectivity index (χ0) is 10.4. The summed E-state index contributed by atoms with van der Waals surface area (Å²) in [6.07, 6.45) is 2.65. The Labute approximate surface area is 89.9 Å². The molecular weight excluding hydrogens is 194 g/mol. The lowest BCUT2D eigenvalue weighted by Gasteiger charge is -2.29. The average Bonchev–Trinajstić information content (AvgIpc) is 2.11. The first-order chi connectivity index (χ1) is 6.64. The molecule has 0 bridgehead atoms. The lowest BCUT2D eigenvalue weighted by atomic mass is 10.0. The van der Waals surface area contributed by atoms with E-state index in [9.17, 15) is 0 Å². The third-order valence-electron chi connectivity index (χ3n) is 2.10. The minimum absolute atomic E-state index is 0.327. The highest BCUT2D eigenvalue weighted by Crippen LogP contribution is 2.33. The van der Waals surface area contributed by atoms with Crippen LogP contribution in [0.15, 0.2) is 5.10 Å². The van der Waals surface area contributed by atoms with E-state index in [-0.39, 0.29) is 0 Å². The maximum atomic E-state index is 8.34. The number of rotatable bonds is 3. The van der Waals surface area contributed by atoms with Crippen LogP contribution in [0.1, 0.15) is 33.1 Å². The molecule has 0 unspecified atom stereocenters. The molecule has 0 saturated carbocycles. The zero-order valence-corrected chi connectivity index (χ0v) is 9.65. The Morgan fingerprint density at radius 3 is 3.07 bits per heavy atom. The molecule has 1 fully saturated rings. The number of thioether (sulfide) groups is 1. The van der Waals surface area contributed by atoms with Crippen LogP contribution in [0.5, 0.6) is 0 Å². The van der Waals surface area contributed by atoms with E-state index in [1.165, 1.54) is 5.71 Å². The number of hydrogen-bond donors (Lipinski definition) is 1. The van der Waals surface area contributed by atoms with E-state index < -0.39 is 0 Å². The molecule has 0 aromatic carbocycles. The van der Waals surface area contributed by atoms with Gasteiger partial charge in [-0.25, -0.2) is 0 Å². The first-order valence-electron chi connectivity index (χ1n) is 4.93. The molecule has 0 spiro atoms. The van der Waals surface area contributed by atoms with E-state index >= 15 is 0 Å². The monoisotopic (exact) mass is 211 g/mol. The highest BCUT2D eigenvalue weighted by Gasteiger charge is 2.25. The van der Waals surface area contributed by atoms with Gasteiger partial charge >= 0.3 is 0 Å². The van der Waals surface area contributed by atoms with Gasteiger partial charge in [0.05, 0.1) is 12.5 Å². The Hall–Kier alpha value is -0.690. The molecular formula is C10H17N3S. The molecule has 1 aliphatic rings. The summed E-state index contributed by atoms with van der Waals surface area (Å²) in [7, 11) is 0. The summed E-state index contributed by atoms with van der Waals surface area (Å²) < 4.78 is 0.327. The summed E-state index contributed by atoms with van der Waals surface area (Å²) in [6, 6.07) is 2.09. The summed E-state index contributed by atoms with van der Waals surface area (Å²) in [5, 5.41) is 12.7. The maximum absolute atomic E-state index is 8.34. The van der Waals surface area contributed by atoms with Crippen LogP contribution >= 0.6 is 11.8 Å². The molecule has 0 aromatic rings. The van der Waals surface area contributed by atoms with Gasteiger partial charge in [0, 0.05) is 23.4 Å². The first kappa shape index (κ1) is 11.4. The third-order valence-corrected chi connectivity index (χ3v) is 3.43. The largest absolute Gasteiger partial charge is 0.309 e. The Kier molecular flexibility index (Phi) is 4.27. The van der Waals surface area contributed by atoms with Crippen LogP contribution in [0.2, 0.25) is 0 Å². The van der Waals surface area contributed by atoms with E-state index in [2.05, 4.69) is 30.4 Å². The average molecular weight is 211 g/mol. The topological polar surface area (TPSA) is 48.2 Å². The van der Waals surface area contributed by atoms with Crippen molar-refractivity contribution in [2.75, 3.05) is 12.3 Å². The van der Waals surface area contributed by atoms with Crippen LogP contribution < -0.4 is 5.43 Å². The van der Waals surface area contributed by atoms with Gasteiger partial charge in [-0.1, -0.05) is 13.8 Å². The van der Waals surface area contributed by atoms with Crippen molar-refractivity contribution < 1.29 is 0 Å². The van der Waals surface area contributed by atoms with E-state index in [0.29, 0.717) is 17.7 Å². The first-order valence-corrected chi connectivity index (χ1v) is 5.92. The number of nitriles is 1. The highest BCUT2D eigenvalue weighted by atomic mass is 32.2. The van der Waals surface area contributed by atoms with Gasteiger partial charge in [0.1, 0.15) is 0 Å². The van der Waals surface area contributed by atoms with E-state index in [4.69, 9.17) is 5.26 Å². The molecule has 3 nitrogen and oxygen atoms in total. The lowest BCUT2D eigenvalue weighted by Crippen LogP contribution is -2.27. The van der Waals surface area contributed by atoms with E-state index in [1.54, 1.807) is 0 Å². The van der Waals surface area contributed by atoms with Crippen molar-refractivity contribution in [2.24, 2.45) is 5.10 Å². The van der Waals surface area contributed by atoms with E-state index in [0.717, 1.165) is 18.6 Å². The second kappa shape index (κ2) is 5.26. The van der Waals surface area contributed by atoms with Crippen molar-refractivity contribution in [3.05, 3.63) is 0 Å². The van der Waals surface area contributed by atoms with Crippen LogP contribution in [0, 0.1) is 11.3 Å². The lowest BCUT2D eigenvalue weighted by molar-refractivity contribution is 0.696. The van der Waals surface area contributed by atoms with Gasteiger partial charge in [0.15, 0.2) is 0 Å². The van der Waals surface area contributed by atoms with Crippen LogP contribution in [0.3, 0.4) is 0 Å². The molecule has 1 N–H and O–H groups in total. The molecule has 78 valence electrons. The minimum Gasteiger partial charge on any atom is -0.309 e. The standard InChI is InChI=1S/C10H17N3S/c1-10(2)8-9(4-7-14-10)13-12-6-3-5-11/h12H,3-4,6-8H2,1-2H3/b13-9+. The van der Waals surface area contributed by atoms with Crippen LogP contribution in [0.4, 0.5) is 0 Å². The maximum Gasteiger partial charge on any atom is 0.0640 e. The molecule has 1 heterocycles. The van der Waals surface area contributed by atoms with Gasteiger partial charge in [0.2, 0.25) is 0 Å². The van der Waals surface area contributed by atoms with Crippen molar-refractivity contribution >= 4 is 17.5 Å². The van der Waals surface area contributed by atoms with Crippen LogP contribution in [-0.2, 0) is 0 Å². The second-order valence-corrected chi connectivity index (χ2v) is 5.83. The predicted molar refractivity (Wildman–Crippen MR) is 61.4 cm³/mol. The highest BCUT2D eigenvalue weighted by molar-refractivity contribution is 8.00.